The third-order valence-corrected chi connectivity index (χ3v) is 4.90. The number of hydrogen-bond acceptors (Lipinski definition) is 4. The molecule has 28 heavy (non-hydrogen) atoms. The predicted molar refractivity (Wildman–Crippen MR) is 117 cm³/mol. The van der Waals surface area contributed by atoms with Gasteiger partial charge in [0.25, 0.3) is 0 Å². The summed E-state index contributed by atoms with van der Waals surface area (Å²) in [6.07, 6.45) is 16.8. The Kier molecular flexibility index (Phi) is 20.9. The first-order valence-corrected chi connectivity index (χ1v) is 12.0. The highest BCUT2D eigenvalue weighted by Crippen LogP contribution is 2.11. The van der Waals surface area contributed by atoms with Gasteiger partial charge in [-0.3, -0.25) is 9.59 Å². The first-order chi connectivity index (χ1) is 13.6. The minimum absolute atomic E-state index is 0.0527. The van der Waals surface area contributed by atoms with Crippen molar-refractivity contribution in [1.82, 2.24) is 0 Å². The van der Waals surface area contributed by atoms with Crippen LogP contribution in [0.3, 0.4) is 0 Å². The Balaban J connectivity index is 3.26. The Morgan fingerprint density at radius 2 is 1.07 bits per heavy atom. The Bertz CT molecular complexity index is 376. The van der Waals surface area contributed by atoms with E-state index < -0.39 is 4.84 Å². The summed E-state index contributed by atoms with van der Waals surface area (Å²) >= 11 is 11.0. The van der Waals surface area contributed by atoms with Crippen LogP contribution in [0.2, 0.25) is 0 Å². The lowest BCUT2D eigenvalue weighted by molar-refractivity contribution is -0.144. The van der Waals surface area contributed by atoms with E-state index in [2.05, 4.69) is 6.92 Å². The summed E-state index contributed by atoms with van der Waals surface area (Å²) < 4.78 is 10.2. The SMILES string of the molecule is CCCCCCCCCCOC(=O)CCCCCCCCC(=O)OCC(Cl)Cl. The fourth-order valence-corrected chi connectivity index (χ4v) is 3.09. The number of unbranched alkanes of at least 4 members (excludes halogenated alkanes) is 12. The average molecular weight is 439 g/mol. The number of alkyl halides is 2. The third kappa shape index (κ3) is 21.8. The molecule has 0 N–H and O–H groups in total. The fourth-order valence-electron chi connectivity index (χ4n) is 2.97. The van der Waals surface area contributed by atoms with Crippen molar-refractivity contribution in [1.29, 1.82) is 0 Å². The van der Waals surface area contributed by atoms with E-state index in [4.69, 9.17) is 32.7 Å². The van der Waals surface area contributed by atoms with Gasteiger partial charge in [0, 0.05) is 12.8 Å². The zero-order chi connectivity index (χ0) is 20.9. The minimum atomic E-state index is -0.657. The smallest absolute Gasteiger partial charge is 0.305 e. The highest BCUT2D eigenvalue weighted by molar-refractivity contribution is 6.44. The maximum absolute atomic E-state index is 11.7. The van der Waals surface area contributed by atoms with Gasteiger partial charge >= 0.3 is 11.9 Å². The maximum atomic E-state index is 11.7. The molecule has 0 unspecified atom stereocenters. The van der Waals surface area contributed by atoms with Crippen LogP contribution < -0.4 is 0 Å². The Morgan fingerprint density at radius 3 is 1.57 bits per heavy atom. The van der Waals surface area contributed by atoms with Gasteiger partial charge in [-0.1, -0.05) is 77.6 Å². The van der Waals surface area contributed by atoms with Gasteiger partial charge in [-0.2, -0.15) is 0 Å². The van der Waals surface area contributed by atoms with Crippen LogP contribution in [-0.2, 0) is 19.1 Å². The van der Waals surface area contributed by atoms with Gasteiger partial charge in [0.15, 0.2) is 0 Å². The molecule has 166 valence electrons. The van der Waals surface area contributed by atoms with E-state index in [-0.39, 0.29) is 18.5 Å². The monoisotopic (exact) mass is 438 g/mol. The molecule has 0 heterocycles. The molecule has 0 atom stereocenters. The molecule has 0 aromatic rings. The predicted octanol–water partition coefficient (Wildman–Crippen LogP) is 7.14. The first-order valence-electron chi connectivity index (χ1n) is 11.2. The number of carbonyl (C=O) groups excluding carboxylic acids is 2. The molecule has 0 aromatic carbocycles. The molecule has 0 saturated heterocycles. The van der Waals surface area contributed by atoms with Gasteiger partial charge in [0.05, 0.1) is 6.61 Å². The second-order valence-electron chi connectivity index (χ2n) is 7.39. The van der Waals surface area contributed by atoms with Crippen LogP contribution in [0.15, 0.2) is 0 Å². The molecule has 0 saturated carbocycles. The normalized spacial score (nSPS) is 11.0. The van der Waals surface area contributed by atoms with Gasteiger partial charge in [0.1, 0.15) is 11.4 Å². The molecule has 0 radical (unpaired) electrons. The molecule has 0 bridgehead atoms. The number of esters is 2. The van der Waals surface area contributed by atoms with Crippen LogP contribution in [0, 0.1) is 0 Å². The van der Waals surface area contributed by atoms with Gasteiger partial charge in [0.2, 0.25) is 0 Å². The van der Waals surface area contributed by atoms with Crippen molar-refractivity contribution in [3.63, 3.8) is 0 Å². The van der Waals surface area contributed by atoms with Crippen molar-refractivity contribution in [2.24, 2.45) is 0 Å². The van der Waals surface area contributed by atoms with Crippen LogP contribution in [0.1, 0.15) is 110 Å². The lowest BCUT2D eigenvalue weighted by atomic mass is 10.1. The van der Waals surface area contributed by atoms with Crippen molar-refractivity contribution in [3.05, 3.63) is 0 Å². The lowest BCUT2D eigenvalue weighted by Gasteiger charge is -2.06. The summed E-state index contributed by atoms with van der Waals surface area (Å²) in [5, 5.41) is 0. The molecule has 0 aliphatic carbocycles. The molecule has 4 nitrogen and oxygen atoms in total. The summed E-state index contributed by atoms with van der Waals surface area (Å²) in [7, 11) is 0. The van der Waals surface area contributed by atoms with Crippen LogP contribution >= 0.6 is 23.2 Å². The Hall–Kier alpha value is -0.480. The fraction of sp³-hybridized carbons (Fsp3) is 0.909. The second kappa shape index (κ2) is 21.2. The summed E-state index contributed by atoms with van der Waals surface area (Å²) in [4.78, 5) is 22.4. The van der Waals surface area contributed by atoms with Crippen molar-refractivity contribution in [3.8, 4) is 0 Å². The van der Waals surface area contributed by atoms with Crippen LogP contribution in [0.5, 0.6) is 0 Å². The molecule has 0 fully saturated rings. The molecule has 6 heteroatoms. The summed E-state index contributed by atoms with van der Waals surface area (Å²) in [6.45, 7) is 2.85. The largest absolute Gasteiger partial charge is 0.466 e. The van der Waals surface area contributed by atoms with E-state index in [0.717, 1.165) is 51.4 Å². The number of halogens is 2. The number of hydrogen-bond donors (Lipinski definition) is 0. The van der Waals surface area contributed by atoms with E-state index in [9.17, 15) is 9.59 Å². The standard InChI is InChI=1S/C22H40Cl2O4/c1-2-3-4-5-6-9-12-15-18-27-21(25)16-13-10-7-8-11-14-17-22(26)28-19-20(23)24/h20H,2-19H2,1H3. The Labute approximate surface area is 182 Å². The molecule has 0 aliphatic rings. The second-order valence-corrected chi connectivity index (χ2v) is 8.67. The Morgan fingerprint density at radius 1 is 0.643 bits per heavy atom. The average Bonchev–Trinajstić information content (AvgIpc) is 2.67. The molecule has 0 amide bonds. The van der Waals surface area contributed by atoms with Gasteiger partial charge in [-0.15, -0.1) is 23.2 Å². The van der Waals surface area contributed by atoms with E-state index >= 15 is 0 Å². The summed E-state index contributed by atoms with van der Waals surface area (Å²) in [6, 6.07) is 0. The number of ether oxygens (including phenoxy) is 2. The van der Waals surface area contributed by atoms with E-state index in [1.54, 1.807) is 0 Å². The molecular weight excluding hydrogens is 399 g/mol. The van der Waals surface area contributed by atoms with E-state index in [1.165, 1.54) is 38.5 Å². The van der Waals surface area contributed by atoms with Gasteiger partial charge < -0.3 is 9.47 Å². The number of rotatable bonds is 20. The molecule has 0 aromatic heterocycles. The molecule has 0 aliphatic heterocycles. The van der Waals surface area contributed by atoms with E-state index in [0.29, 0.717) is 19.4 Å². The van der Waals surface area contributed by atoms with Crippen LogP contribution in [0.25, 0.3) is 0 Å². The van der Waals surface area contributed by atoms with Crippen LogP contribution in [0.4, 0.5) is 0 Å². The molecular formula is C22H40Cl2O4. The quantitative estimate of drug-likeness (QED) is 0.115. The zero-order valence-electron chi connectivity index (χ0n) is 17.7. The van der Waals surface area contributed by atoms with Crippen molar-refractivity contribution < 1.29 is 19.1 Å². The van der Waals surface area contributed by atoms with Crippen molar-refractivity contribution in [2.45, 2.75) is 114 Å². The summed E-state index contributed by atoms with van der Waals surface area (Å²) in [5.41, 5.74) is 0. The highest BCUT2D eigenvalue weighted by atomic mass is 35.5. The third-order valence-electron chi connectivity index (χ3n) is 4.64. The van der Waals surface area contributed by atoms with Crippen molar-refractivity contribution in [2.75, 3.05) is 13.2 Å². The highest BCUT2D eigenvalue weighted by Gasteiger charge is 2.06. The zero-order valence-corrected chi connectivity index (χ0v) is 19.2. The molecule has 0 rings (SSSR count). The minimum Gasteiger partial charge on any atom is -0.466 e. The lowest BCUT2D eigenvalue weighted by Crippen LogP contribution is -2.09. The first kappa shape index (κ1) is 27.5. The van der Waals surface area contributed by atoms with Crippen LogP contribution in [-0.4, -0.2) is 30.0 Å². The topological polar surface area (TPSA) is 52.6 Å². The van der Waals surface area contributed by atoms with Gasteiger partial charge in [-0.05, 0) is 19.3 Å². The summed E-state index contributed by atoms with van der Waals surface area (Å²) in [5.74, 6) is -0.312. The van der Waals surface area contributed by atoms with Gasteiger partial charge in [-0.25, -0.2) is 0 Å². The van der Waals surface area contributed by atoms with E-state index in [1.807, 2.05) is 0 Å². The number of carbonyl (C=O) groups is 2. The maximum Gasteiger partial charge on any atom is 0.305 e. The molecule has 0 spiro atoms. The van der Waals surface area contributed by atoms with Crippen molar-refractivity contribution >= 4 is 35.1 Å².